The number of hydrogen-bond donors (Lipinski definition) is 2. The Labute approximate surface area is 206 Å². The van der Waals surface area contributed by atoms with Crippen LogP contribution in [0.1, 0.15) is 28.3 Å². The van der Waals surface area contributed by atoms with Crippen LogP contribution in [0, 0.1) is 6.92 Å². The van der Waals surface area contributed by atoms with Gasteiger partial charge in [-0.25, -0.2) is 0 Å². The van der Waals surface area contributed by atoms with Gasteiger partial charge in [-0.1, -0.05) is 29.8 Å². The van der Waals surface area contributed by atoms with E-state index in [9.17, 15) is 14.7 Å². The first-order chi connectivity index (χ1) is 16.9. The summed E-state index contributed by atoms with van der Waals surface area (Å²) in [6, 6.07) is 13.7. The fraction of sp³-hybridized carbons (Fsp3) is 0.148. The predicted octanol–water partition coefficient (Wildman–Crippen LogP) is 5.16. The van der Waals surface area contributed by atoms with E-state index in [1.165, 1.54) is 12.0 Å². The lowest BCUT2D eigenvalue weighted by Crippen LogP contribution is -2.29. The summed E-state index contributed by atoms with van der Waals surface area (Å²) in [7, 11) is 1.44. The van der Waals surface area contributed by atoms with Gasteiger partial charge in [0.2, 0.25) is 0 Å². The lowest BCUT2D eigenvalue weighted by molar-refractivity contribution is -0.140. The summed E-state index contributed by atoms with van der Waals surface area (Å²) in [4.78, 5) is 35.5. The molecule has 4 aromatic rings. The van der Waals surface area contributed by atoms with Gasteiger partial charge in [-0.2, -0.15) is 0 Å². The van der Waals surface area contributed by atoms with E-state index < -0.39 is 17.7 Å². The molecule has 0 saturated carbocycles. The lowest BCUT2D eigenvalue weighted by Gasteiger charge is -2.25. The standard InChI is InChI=1S/C27H22ClN3O4/c1-15-11-18(26(35-2)20(28)12-15)24(32)22-23(19-13-30-21-6-4-3-5-17(19)21)31(27(34)25(22)33)14-16-7-9-29-10-8-16/h3-13,23,30,32H,14H2,1-2H3/b24-22+. The van der Waals surface area contributed by atoms with E-state index in [0.717, 1.165) is 22.0 Å². The minimum absolute atomic E-state index is 0.0197. The van der Waals surface area contributed by atoms with E-state index in [4.69, 9.17) is 16.3 Å². The molecule has 1 saturated heterocycles. The number of hydrogen-bond acceptors (Lipinski definition) is 5. The monoisotopic (exact) mass is 487 g/mol. The van der Waals surface area contributed by atoms with Crippen molar-refractivity contribution in [2.24, 2.45) is 0 Å². The van der Waals surface area contributed by atoms with Crippen LogP contribution >= 0.6 is 11.6 Å². The number of Topliss-reactive ketones (excluding diaryl/α,β-unsaturated/α-hetero) is 1. The summed E-state index contributed by atoms with van der Waals surface area (Å²) in [5, 5.41) is 12.7. The summed E-state index contributed by atoms with van der Waals surface area (Å²) in [5.41, 5.74) is 3.37. The van der Waals surface area contributed by atoms with Crippen LogP contribution in [0.4, 0.5) is 0 Å². The molecule has 1 unspecified atom stereocenters. The normalized spacial score (nSPS) is 17.3. The molecule has 0 radical (unpaired) electrons. The second kappa shape index (κ2) is 8.92. The number of carbonyl (C=O) groups excluding carboxylic acids is 2. The van der Waals surface area contributed by atoms with Crippen LogP contribution in [-0.2, 0) is 16.1 Å². The van der Waals surface area contributed by atoms with E-state index in [0.29, 0.717) is 10.6 Å². The molecular formula is C27H22ClN3O4. The van der Waals surface area contributed by atoms with Gasteiger partial charge in [-0.3, -0.25) is 14.6 Å². The summed E-state index contributed by atoms with van der Waals surface area (Å²) in [6.07, 6.45) is 5.03. The van der Waals surface area contributed by atoms with Gasteiger partial charge in [-0.05, 0) is 48.4 Å². The van der Waals surface area contributed by atoms with Crippen LogP contribution in [0.25, 0.3) is 16.7 Å². The molecule has 2 aromatic carbocycles. The molecule has 2 aromatic heterocycles. The van der Waals surface area contributed by atoms with Crippen molar-refractivity contribution in [1.29, 1.82) is 0 Å². The Morgan fingerprint density at radius 2 is 1.91 bits per heavy atom. The van der Waals surface area contributed by atoms with Crippen molar-refractivity contribution in [2.75, 3.05) is 7.11 Å². The van der Waals surface area contributed by atoms with Crippen LogP contribution in [0.2, 0.25) is 5.02 Å². The van der Waals surface area contributed by atoms with Crippen molar-refractivity contribution in [2.45, 2.75) is 19.5 Å². The second-order valence-electron chi connectivity index (χ2n) is 8.40. The molecule has 1 fully saturated rings. The first-order valence-electron chi connectivity index (χ1n) is 11.0. The van der Waals surface area contributed by atoms with Gasteiger partial charge in [0, 0.05) is 41.6 Å². The molecule has 3 heterocycles. The van der Waals surface area contributed by atoms with Crippen LogP contribution < -0.4 is 4.74 Å². The molecule has 2 N–H and O–H groups in total. The molecule has 8 heteroatoms. The van der Waals surface area contributed by atoms with E-state index in [1.807, 2.05) is 31.2 Å². The Morgan fingerprint density at radius 3 is 2.66 bits per heavy atom. The molecule has 0 aliphatic carbocycles. The van der Waals surface area contributed by atoms with Gasteiger partial charge >= 0.3 is 0 Å². The Kier molecular flexibility index (Phi) is 5.78. The number of amides is 1. The van der Waals surface area contributed by atoms with E-state index in [1.54, 1.807) is 42.9 Å². The fourth-order valence-electron chi connectivity index (χ4n) is 4.63. The zero-order valence-corrected chi connectivity index (χ0v) is 19.8. The zero-order valence-electron chi connectivity index (χ0n) is 19.1. The van der Waals surface area contributed by atoms with E-state index in [-0.39, 0.29) is 29.2 Å². The van der Waals surface area contributed by atoms with Crippen molar-refractivity contribution in [3.8, 4) is 5.75 Å². The number of aliphatic hydroxyl groups is 1. The molecular weight excluding hydrogens is 466 g/mol. The number of nitrogens with zero attached hydrogens (tertiary/aromatic N) is 2. The number of H-pyrrole nitrogens is 1. The smallest absolute Gasteiger partial charge is 0.295 e. The highest BCUT2D eigenvalue weighted by atomic mass is 35.5. The first-order valence-corrected chi connectivity index (χ1v) is 11.4. The number of aromatic amines is 1. The highest BCUT2D eigenvalue weighted by Crippen LogP contribution is 2.44. The third-order valence-corrected chi connectivity index (χ3v) is 6.49. The summed E-state index contributed by atoms with van der Waals surface area (Å²) < 4.78 is 5.44. The second-order valence-corrected chi connectivity index (χ2v) is 8.81. The van der Waals surface area contributed by atoms with Crippen LogP contribution in [0.5, 0.6) is 5.75 Å². The topological polar surface area (TPSA) is 95.5 Å². The van der Waals surface area contributed by atoms with Gasteiger partial charge in [-0.15, -0.1) is 0 Å². The van der Waals surface area contributed by atoms with Crippen molar-refractivity contribution in [1.82, 2.24) is 14.9 Å². The summed E-state index contributed by atoms with van der Waals surface area (Å²) in [6.45, 7) is 1.99. The minimum atomic E-state index is -0.830. The fourth-order valence-corrected chi connectivity index (χ4v) is 4.98. The number of aliphatic hydroxyl groups excluding tert-OH is 1. The molecule has 176 valence electrons. The Hall–Kier alpha value is -4.10. The number of aryl methyl sites for hydroxylation is 1. The third kappa shape index (κ3) is 3.84. The summed E-state index contributed by atoms with van der Waals surface area (Å²) >= 11 is 6.37. The quantitative estimate of drug-likeness (QED) is 0.230. The zero-order chi connectivity index (χ0) is 24.7. The van der Waals surface area contributed by atoms with Gasteiger partial charge in [0.05, 0.1) is 29.3 Å². The van der Waals surface area contributed by atoms with Crippen LogP contribution in [0.3, 0.4) is 0 Å². The maximum absolute atomic E-state index is 13.4. The number of benzene rings is 2. The Morgan fingerprint density at radius 1 is 1.17 bits per heavy atom. The number of halogens is 1. The van der Waals surface area contributed by atoms with Gasteiger partial charge < -0.3 is 19.7 Å². The maximum Gasteiger partial charge on any atom is 0.295 e. The lowest BCUT2D eigenvalue weighted by atomic mass is 9.94. The number of pyridine rings is 1. The number of carbonyl (C=O) groups is 2. The average Bonchev–Trinajstić information content (AvgIpc) is 3.38. The largest absolute Gasteiger partial charge is 0.507 e. The van der Waals surface area contributed by atoms with Crippen molar-refractivity contribution in [3.05, 3.63) is 100.0 Å². The number of ketones is 1. The minimum Gasteiger partial charge on any atom is -0.507 e. The number of likely N-dealkylation sites (tertiary alicyclic amines) is 1. The number of ether oxygens (including phenoxy) is 1. The molecule has 35 heavy (non-hydrogen) atoms. The Bertz CT molecular complexity index is 1490. The predicted molar refractivity (Wildman–Crippen MR) is 133 cm³/mol. The van der Waals surface area contributed by atoms with E-state index >= 15 is 0 Å². The molecule has 0 bridgehead atoms. The van der Waals surface area contributed by atoms with Crippen molar-refractivity contribution in [3.63, 3.8) is 0 Å². The van der Waals surface area contributed by atoms with Crippen molar-refractivity contribution >= 4 is 40.0 Å². The molecule has 1 atom stereocenters. The van der Waals surface area contributed by atoms with Crippen LogP contribution in [-0.4, -0.2) is 38.8 Å². The molecule has 1 aliphatic heterocycles. The van der Waals surface area contributed by atoms with E-state index in [2.05, 4.69) is 9.97 Å². The third-order valence-electron chi connectivity index (χ3n) is 6.21. The number of rotatable bonds is 5. The highest BCUT2D eigenvalue weighted by molar-refractivity contribution is 6.46. The highest BCUT2D eigenvalue weighted by Gasteiger charge is 2.47. The maximum atomic E-state index is 13.4. The average molecular weight is 488 g/mol. The number of fused-ring (bicyclic) bond motifs is 1. The van der Waals surface area contributed by atoms with Crippen molar-refractivity contribution < 1.29 is 19.4 Å². The van der Waals surface area contributed by atoms with Gasteiger partial charge in [0.1, 0.15) is 11.5 Å². The number of para-hydroxylation sites is 1. The van der Waals surface area contributed by atoms with Gasteiger partial charge in [0.25, 0.3) is 11.7 Å². The molecule has 1 amide bonds. The molecule has 1 aliphatic rings. The number of nitrogens with one attached hydrogen (secondary N) is 1. The first kappa shape index (κ1) is 22.7. The number of aromatic nitrogens is 2. The molecule has 7 nitrogen and oxygen atoms in total. The van der Waals surface area contributed by atoms with Gasteiger partial charge in [0.15, 0.2) is 0 Å². The SMILES string of the molecule is COc1c(Cl)cc(C)cc1/C(O)=C1\C(=O)C(=O)N(Cc2ccncc2)C1c1c[nH]c2ccccc12. The molecule has 5 rings (SSSR count). The summed E-state index contributed by atoms with van der Waals surface area (Å²) in [5.74, 6) is -1.58. The number of methoxy groups -OCH3 is 1. The molecule has 0 spiro atoms. The Balaban J connectivity index is 1.76. The van der Waals surface area contributed by atoms with Crippen LogP contribution in [0.15, 0.2) is 72.7 Å².